The van der Waals surface area contributed by atoms with Gasteiger partial charge in [-0.25, -0.2) is 0 Å². The molecule has 0 aromatic heterocycles. The molecule has 2 aliphatic heterocycles. The predicted octanol–water partition coefficient (Wildman–Crippen LogP) is 6.14. The van der Waals surface area contributed by atoms with E-state index in [1.54, 1.807) is 0 Å². The Labute approximate surface area is 190 Å². The van der Waals surface area contributed by atoms with Crippen LogP contribution in [0.15, 0.2) is 72.8 Å². The summed E-state index contributed by atoms with van der Waals surface area (Å²) < 4.78 is 22.1. The highest BCUT2D eigenvalue weighted by Gasteiger charge is 2.21. The molecule has 0 amide bonds. The minimum absolute atomic E-state index is 0.479. The van der Waals surface area contributed by atoms with E-state index < -0.39 is 0 Å². The molecule has 0 spiro atoms. The quantitative estimate of drug-likeness (QED) is 0.256. The second kappa shape index (κ2) is 10.2. The van der Waals surface area contributed by atoms with Gasteiger partial charge in [-0.05, 0) is 72.2 Å². The molecule has 2 atom stereocenters. The zero-order chi connectivity index (χ0) is 21.6. The van der Waals surface area contributed by atoms with E-state index in [-0.39, 0.29) is 0 Å². The predicted molar refractivity (Wildman–Crippen MR) is 126 cm³/mol. The summed E-state index contributed by atoms with van der Waals surface area (Å²) in [5, 5.41) is 0. The molecule has 3 aromatic rings. The largest absolute Gasteiger partial charge is 0.494 e. The lowest BCUT2D eigenvalue weighted by molar-refractivity contribution is 0.294. The van der Waals surface area contributed by atoms with Gasteiger partial charge in [0, 0.05) is 0 Å². The van der Waals surface area contributed by atoms with Crippen LogP contribution in [0.4, 0.5) is 0 Å². The van der Waals surface area contributed by atoms with Crippen LogP contribution in [0.25, 0.3) is 22.3 Å². The van der Waals surface area contributed by atoms with Crippen molar-refractivity contribution >= 4 is 0 Å². The first kappa shape index (κ1) is 21.0. The molecular formula is C28H30O4. The zero-order valence-electron chi connectivity index (χ0n) is 18.4. The van der Waals surface area contributed by atoms with Crippen molar-refractivity contribution in [1.29, 1.82) is 0 Å². The van der Waals surface area contributed by atoms with E-state index >= 15 is 0 Å². The highest BCUT2D eigenvalue weighted by molar-refractivity contribution is 5.71. The van der Waals surface area contributed by atoms with Crippen LogP contribution in [0.5, 0.6) is 11.5 Å². The zero-order valence-corrected chi connectivity index (χ0v) is 18.4. The third kappa shape index (κ3) is 6.12. The van der Waals surface area contributed by atoms with Crippen LogP contribution in [-0.4, -0.2) is 38.6 Å². The summed E-state index contributed by atoms with van der Waals surface area (Å²) in [4.78, 5) is 0. The maximum atomic E-state index is 5.83. The molecule has 166 valence electrons. The summed E-state index contributed by atoms with van der Waals surface area (Å²) in [5.41, 5.74) is 4.78. The van der Waals surface area contributed by atoms with E-state index in [2.05, 4.69) is 48.5 Å². The van der Waals surface area contributed by atoms with Crippen molar-refractivity contribution in [3.05, 3.63) is 72.8 Å². The Balaban J connectivity index is 1.12. The number of ether oxygens (including phenoxy) is 4. The average Bonchev–Trinajstić information content (AvgIpc) is 3.76. The van der Waals surface area contributed by atoms with Crippen LogP contribution in [0, 0.1) is 0 Å². The minimum Gasteiger partial charge on any atom is -0.494 e. The van der Waals surface area contributed by atoms with E-state index in [9.17, 15) is 0 Å². The van der Waals surface area contributed by atoms with Crippen LogP contribution in [-0.2, 0) is 9.47 Å². The third-order valence-electron chi connectivity index (χ3n) is 5.94. The Morgan fingerprint density at radius 2 is 0.844 bits per heavy atom. The Morgan fingerprint density at radius 1 is 0.531 bits per heavy atom. The van der Waals surface area contributed by atoms with Crippen molar-refractivity contribution in [2.45, 2.75) is 37.9 Å². The van der Waals surface area contributed by atoms with Crippen molar-refractivity contribution in [3.8, 4) is 33.8 Å². The average molecular weight is 431 g/mol. The monoisotopic (exact) mass is 430 g/mol. The fraction of sp³-hybridized carbons (Fsp3) is 0.357. The van der Waals surface area contributed by atoms with Crippen molar-refractivity contribution in [3.63, 3.8) is 0 Å². The second-order valence-corrected chi connectivity index (χ2v) is 8.52. The maximum Gasteiger partial charge on any atom is 0.119 e. The van der Waals surface area contributed by atoms with Gasteiger partial charge >= 0.3 is 0 Å². The first-order valence-electron chi connectivity index (χ1n) is 11.6. The summed E-state index contributed by atoms with van der Waals surface area (Å²) in [6, 6.07) is 25.4. The molecular weight excluding hydrogens is 400 g/mol. The molecule has 0 bridgehead atoms. The van der Waals surface area contributed by atoms with Crippen LogP contribution >= 0.6 is 0 Å². The lowest BCUT2D eigenvalue weighted by Crippen LogP contribution is -1.99. The molecule has 32 heavy (non-hydrogen) atoms. The number of epoxide rings is 2. The van der Waals surface area contributed by atoms with Gasteiger partial charge in [0.15, 0.2) is 0 Å². The van der Waals surface area contributed by atoms with Gasteiger partial charge in [0.05, 0.1) is 38.6 Å². The van der Waals surface area contributed by atoms with Crippen molar-refractivity contribution in [1.82, 2.24) is 0 Å². The summed E-state index contributed by atoms with van der Waals surface area (Å²) in [6.45, 7) is 3.33. The molecule has 0 aliphatic carbocycles. The highest BCUT2D eigenvalue weighted by Crippen LogP contribution is 2.28. The fourth-order valence-corrected chi connectivity index (χ4v) is 3.81. The van der Waals surface area contributed by atoms with Crippen molar-refractivity contribution < 1.29 is 18.9 Å². The molecule has 0 N–H and O–H groups in total. The van der Waals surface area contributed by atoms with Crippen LogP contribution in [0.1, 0.15) is 25.7 Å². The molecule has 2 aliphatic rings. The molecule has 5 rings (SSSR count). The summed E-state index contributed by atoms with van der Waals surface area (Å²) >= 11 is 0. The SMILES string of the molecule is c1cc(-c2ccc(-c3ccc(OCCCC4CO4)cc3)cc2)ccc1OCCCC1CO1. The number of hydrogen-bond donors (Lipinski definition) is 0. The molecule has 2 fully saturated rings. The summed E-state index contributed by atoms with van der Waals surface area (Å²) in [5.74, 6) is 1.84. The third-order valence-corrected chi connectivity index (χ3v) is 5.94. The first-order valence-corrected chi connectivity index (χ1v) is 11.6. The van der Waals surface area contributed by atoms with E-state index in [0.29, 0.717) is 12.2 Å². The molecule has 0 radical (unpaired) electrons. The normalized spacial score (nSPS) is 18.9. The molecule has 0 saturated carbocycles. The van der Waals surface area contributed by atoms with Gasteiger partial charge < -0.3 is 18.9 Å². The van der Waals surface area contributed by atoms with E-state index in [0.717, 1.165) is 63.6 Å². The van der Waals surface area contributed by atoms with Gasteiger partial charge in [-0.15, -0.1) is 0 Å². The maximum absolute atomic E-state index is 5.83. The smallest absolute Gasteiger partial charge is 0.119 e. The lowest BCUT2D eigenvalue weighted by Gasteiger charge is -2.09. The topological polar surface area (TPSA) is 43.5 Å². The van der Waals surface area contributed by atoms with Gasteiger partial charge in [0.25, 0.3) is 0 Å². The van der Waals surface area contributed by atoms with Crippen LogP contribution < -0.4 is 9.47 Å². The second-order valence-electron chi connectivity index (χ2n) is 8.52. The van der Waals surface area contributed by atoms with E-state index in [1.807, 2.05) is 24.3 Å². The molecule has 2 unspecified atom stereocenters. The Kier molecular flexibility index (Phi) is 6.71. The number of rotatable bonds is 12. The van der Waals surface area contributed by atoms with E-state index in [1.165, 1.54) is 22.3 Å². The molecule has 2 heterocycles. The molecule has 4 nitrogen and oxygen atoms in total. The standard InChI is InChI=1S/C28H30O4/c1(3-27-19-31-27)17-29-25-13-9-23(10-14-25)21-5-7-22(8-6-21)24-11-15-26(16-12-24)30-18-2-4-28-20-32-28/h5-16,27-28H,1-4,17-20H2. The number of hydrogen-bond acceptors (Lipinski definition) is 4. The highest BCUT2D eigenvalue weighted by atomic mass is 16.6. The van der Waals surface area contributed by atoms with Gasteiger partial charge in [-0.2, -0.15) is 0 Å². The first-order chi connectivity index (χ1) is 15.8. The van der Waals surface area contributed by atoms with Crippen molar-refractivity contribution in [2.75, 3.05) is 26.4 Å². The molecule has 2 saturated heterocycles. The summed E-state index contributed by atoms with van der Waals surface area (Å²) in [6.07, 6.45) is 5.22. The van der Waals surface area contributed by atoms with Crippen molar-refractivity contribution in [2.24, 2.45) is 0 Å². The fourth-order valence-electron chi connectivity index (χ4n) is 3.81. The Bertz CT molecular complexity index is 889. The van der Waals surface area contributed by atoms with E-state index in [4.69, 9.17) is 18.9 Å². The summed E-state index contributed by atoms with van der Waals surface area (Å²) in [7, 11) is 0. The minimum atomic E-state index is 0.479. The van der Waals surface area contributed by atoms with Crippen LogP contribution in [0.2, 0.25) is 0 Å². The van der Waals surface area contributed by atoms with Gasteiger partial charge in [-0.1, -0.05) is 48.5 Å². The molecule has 3 aromatic carbocycles. The van der Waals surface area contributed by atoms with Crippen LogP contribution in [0.3, 0.4) is 0 Å². The Morgan fingerprint density at radius 3 is 1.16 bits per heavy atom. The number of benzene rings is 3. The van der Waals surface area contributed by atoms with Gasteiger partial charge in [0.2, 0.25) is 0 Å². The van der Waals surface area contributed by atoms with Gasteiger partial charge in [0.1, 0.15) is 11.5 Å². The van der Waals surface area contributed by atoms with Gasteiger partial charge in [-0.3, -0.25) is 0 Å². The Hall–Kier alpha value is -2.82. The molecule has 4 heteroatoms. The lowest BCUT2D eigenvalue weighted by atomic mass is 10.0.